The van der Waals surface area contributed by atoms with Gasteiger partial charge in [-0.05, 0) is 35.6 Å². The second-order valence-corrected chi connectivity index (χ2v) is 7.27. The molecule has 1 fully saturated rings. The van der Waals surface area contributed by atoms with Crippen molar-refractivity contribution in [2.75, 3.05) is 6.54 Å². The molecule has 0 unspecified atom stereocenters. The van der Waals surface area contributed by atoms with E-state index in [-0.39, 0.29) is 5.91 Å². The Morgan fingerprint density at radius 2 is 2.00 bits per heavy atom. The summed E-state index contributed by atoms with van der Waals surface area (Å²) in [5.41, 5.74) is 1.86. The number of carbonyl (C=O) groups is 1. The van der Waals surface area contributed by atoms with E-state index in [1.54, 1.807) is 6.26 Å². The Labute approximate surface area is 142 Å². The second kappa shape index (κ2) is 5.97. The summed E-state index contributed by atoms with van der Waals surface area (Å²) in [6, 6.07) is 12.8. The Balaban J connectivity index is 1.69. The lowest BCUT2D eigenvalue weighted by Gasteiger charge is -2.24. The molecular weight excluding hydrogens is 298 g/mol. The van der Waals surface area contributed by atoms with Gasteiger partial charge in [0.25, 0.3) is 0 Å². The normalized spacial score (nSPS) is 14.6. The highest BCUT2D eigenvalue weighted by Crippen LogP contribution is 2.32. The molecule has 1 aromatic heterocycles. The van der Waals surface area contributed by atoms with Gasteiger partial charge in [-0.2, -0.15) is 0 Å². The molecule has 1 aliphatic carbocycles. The smallest absolute Gasteiger partial charge is 0.227 e. The van der Waals surface area contributed by atoms with Crippen LogP contribution >= 0.6 is 0 Å². The molecule has 2 aromatic carbocycles. The third-order valence-corrected chi connectivity index (χ3v) is 4.75. The van der Waals surface area contributed by atoms with Crippen molar-refractivity contribution in [2.24, 2.45) is 5.92 Å². The highest BCUT2D eigenvalue weighted by Gasteiger charge is 2.33. The van der Waals surface area contributed by atoms with E-state index in [1.807, 2.05) is 18.2 Å². The standard InChI is InChI=1S/C21H23NO2/c1-14(2)12-22(17-8-9-17)20(23)11-16-13-24-19-10-7-15-5-3-4-6-18(15)21(16)19/h3-7,10,13-14,17H,8-9,11-12H2,1-2H3. The van der Waals surface area contributed by atoms with E-state index < -0.39 is 0 Å². The first-order valence-electron chi connectivity index (χ1n) is 8.81. The predicted octanol–water partition coefficient (Wildman–Crippen LogP) is 4.78. The number of rotatable bonds is 5. The van der Waals surface area contributed by atoms with E-state index >= 15 is 0 Å². The number of nitrogens with zero attached hydrogens (tertiary/aromatic N) is 1. The molecule has 4 rings (SSSR count). The molecule has 3 aromatic rings. The monoisotopic (exact) mass is 321 g/mol. The van der Waals surface area contributed by atoms with Crippen LogP contribution < -0.4 is 0 Å². The van der Waals surface area contributed by atoms with Crippen LogP contribution in [-0.4, -0.2) is 23.4 Å². The summed E-state index contributed by atoms with van der Waals surface area (Å²) in [5.74, 6) is 0.721. The molecule has 0 N–H and O–H groups in total. The zero-order chi connectivity index (χ0) is 16.7. The molecule has 0 spiro atoms. The average molecular weight is 321 g/mol. The van der Waals surface area contributed by atoms with E-state index in [0.717, 1.165) is 41.3 Å². The maximum atomic E-state index is 12.9. The van der Waals surface area contributed by atoms with Gasteiger partial charge in [-0.15, -0.1) is 0 Å². The van der Waals surface area contributed by atoms with Crippen molar-refractivity contribution in [3.63, 3.8) is 0 Å². The van der Waals surface area contributed by atoms with Crippen LogP contribution in [0.15, 0.2) is 47.1 Å². The third kappa shape index (κ3) is 2.79. The van der Waals surface area contributed by atoms with E-state index in [9.17, 15) is 4.79 Å². The lowest BCUT2D eigenvalue weighted by atomic mass is 10.0. The van der Waals surface area contributed by atoms with Gasteiger partial charge in [0, 0.05) is 23.5 Å². The van der Waals surface area contributed by atoms with Crippen molar-refractivity contribution in [1.82, 2.24) is 4.90 Å². The summed E-state index contributed by atoms with van der Waals surface area (Å²) in [6.45, 7) is 5.19. The zero-order valence-electron chi connectivity index (χ0n) is 14.3. The van der Waals surface area contributed by atoms with Gasteiger partial charge in [-0.3, -0.25) is 4.79 Å². The van der Waals surface area contributed by atoms with Crippen molar-refractivity contribution in [2.45, 2.75) is 39.2 Å². The quantitative estimate of drug-likeness (QED) is 0.678. The molecule has 0 saturated heterocycles. The molecule has 0 bridgehead atoms. The van der Waals surface area contributed by atoms with Crippen LogP contribution in [0, 0.1) is 5.92 Å². The Bertz CT molecular complexity index is 889. The van der Waals surface area contributed by atoms with Gasteiger partial charge < -0.3 is 9.32 Å². The van der Waals surface area contributed by atoms with E-state index in [0.29, 0.717) is 18.4 Å². The summed E-state index contributed by atoms with van der Waals surface area (Å²) in [6.07, 6.45) is 4.47. The first kappa shape index (κ1) is 15.3. The first-order chi connectivity index (χ1) is 11.6. The topological polar surface area (TPSA) is 33.5 Å². The Morgan fingerprint density at radius 3 is 2.75 bits per heavy atom. The molecule has 24 heavy (non-hydrogen) atoms. The van der Waals surface area contributed by atoms with Crippen LogP contribution in [0.3, 0.4) is 0 Å². The minimum atomic E-state index is 0.224. The van der Waals surface area contributed by atoms with Crippen molar-refractivity contribution in [1.29, 1.82) is 0 Å². The average Bonchev–Trinajstić information content (AvgIpc) is 3.33. The maximum Gasteiger partial charge on any atom is 0.227 e. The molecule has 0 atom stereocenters. The fourth-order valence-electron chi connectivity index (χ4n) is 3.50. The van der Waals surface area contributed by atoms with E-state index in [4.69, 9.17) is 4.42 Å². The van der Waals surface area contributed by atoms with Gasteiger partial charge in [0.15, 0.2) is 0 Å². The summed E-state index contributed by atoms with van der Waals surface area (Å²) in [7, 11) is 0. The Morgan fingerprint density at radius 1 is 1.21 bits per heavy atom. The van der Waals surface area contributed by atoms with Crippen molar-refractivity contribution in [3.05, 3.63) is 48.2 Å². The summed E-state index contributed by atoms with van der Waals surface area (Å²) < 4.78 is 5.72. The van der Waals surface area contributed by atoms with E-state index in [2.05, 4.69) is 36.9 Å². The van der Waals surface area contributed by atoms with Crippen LogP contribution in [0.25, 0.3) is 21.7 Å². The van der Waals surface area contributed by atoms with Gasteiger partial charge in [-0.1, -0.05) is 44.2 Å². The lowest BCUT2D eigenvalue weighted by molar-refractivity contribution is -0.131. The van der Waals surface area contributed by atoms with Gasteiger partial charge >= 0.3 is 0 Å². The third-order valence-electron chi connectivity index (χ3n) is 4.75. The highest BCUT2D eigenvalue weighted by molar-refractivity contribution is 6.08. The maximum absolute atomic E-state index is 12.9. The van der Waals surface area contributed by atoms with Gasteiger partial charge in [0.2, 0.25) is 5.91 Å². The van der Waals surface area contributed by atoms with Crippen molar-refractivity contribution >= 4 is 27.6 Å². The molecule has 1 heterocycles. The minimum absolute atomic E-state index is 0.224. The van der Waals surface area contributed by atoms with Crippen LogP contribution in [-0.2, 0) is 11.2 Å². The number of fused-ring (bicyclic) bond motifs is 3. The molecule has 1 saturated carbocycles. The summed E-state index contributed by atoms with van der Waals surface area (Å²) in [5, 5.41) is 3.43. The molecule has 1 aliphatic rings. The fraction of sp³-hybridized carbons (Fsp3) is 0.381. The molecule has 3 heteroatoms. The Hall–Kier alpha value is -2.29. The molecular formula is C21H23NO2. The number of carbonyl (C=O) groups excluding carboxylic acids is 1. The number of benzene rings is 2. The molecule has 124 valence electrons. The zero-order valence-corrected chi connectivity index (χ0v) is 14.3. The SMILES string of the molecule is CC(C)CN(C(=O)Cc1coc2ccc3ccccc3c12)C1CC1. The largest absolute Gasteiger partial charge is 0.464 e. The Kier molecular flexibility index (Phi) is 3.79. The molecule has 1 amide bonds. The summed E-state index contributed by atoms with van der Waals surface area (Å²) >= 11 is 0. The van der Waals surface area contributed by atoms with Crippen molar-refractivity contribution < 1.29 is 9.21 Å². The lowest BCUT2D eigenvalue weighted by Crippen LogP contribution is -2.37. The van der Waals surface area contributed by atoms with Gasteiger partial charge in [0.05, 0.1) is 12.7 Å². The molecule has 3 nitrogen and oxygen atoms in total. The number of hydrogen-bond donors (Lipinski definition) is 0. The van der Waals surface area contributed by atoms with Crippen LogP contribution in [0.2, 0.25) is 0 Å². The van der Waals surface area contributed by atoms with Gasteiger partial charge in [0.1, 0.15) is 5.58 Å². The van der Waals surface area contributed by atoms with Crippen LogP contribution in [0.5, 0.6) is 0 Å². The van der Waals surface area contributed by atoms with Crippen LogP contribution in [0.1, 0.15) is 32.3 Å². The fourth-order valence-corrected chi connectivity index (χ4v) is 3.50. The highest BCUT2D eigenvalue weighted by atomic mass is 16.3. The first-order valence-corrected chi connectivity index (χ1v) is 8.81. The van der Waals surface area contributed by atoms with Gasteiger partial charge in [-0.25, -0.2) is 0 Å². The second-order valence-electron chi connectivity index (χ2n) is 7.27. The predicted molar refractivity (Wildman–Crippen MR) is 97.0 cm³/mol. The minimum Gasteiger partial charge on any atom is -0.464 e. The number of furan rings is 1. The molecule has 0 radical (unpaired) electrons. The van der Waals surface area contributed by atoms with Crippen molar-refractivity contribution in [3.8, 4) is 0 Å². The van der Waals surface area contributed by atoms with E-state index in [1.165, 1.54) is 5.39 Å². The summed E-state index contributed by atoms with van der Waals surface area (Å²) in [4.78, 5) is 15.0. The van der Waals surface area contributed by atoms with Crippen LogP contribution in [0.4, 0.5) is 0 Å². The number of hydrogen-bond acceptors (Lipinski definition) is 2. The number of amides is 1. The molecule has 0 aliphatic heterocycles.